The van der Waals surface area contributed by atoms with Gasteiger partial charge in [0.2, 0.25) is 0 Å². The number of halogens is 1. The first-order chi connectivity index (χ1) is 19.9. The highest BCUT2D eigenvalue weighted by atomic mass is 35.5. The third-order valence-corrected chi connectivity index (χ3v) is 5.74. The minimum atomic E-state index is -0.0132. The summed E-state index contributed by atoms with van der Waals surface area (Å²) in [6.45, 7) is 21.3. The summed E-state index contributed by atoms with van der Waals surface area (Å²) >= 11 is 6.04. The standard InChI is InChI=1S/C18H31N3O3.C11H16ClN.2C2H6/c1-4-23-16(13-21-15-7-5-8-15)14-24-18(10-12-20-2)17(22-3)9-6-11-19;1-5-7-10(6-2)11(12)8-9(3)13-4;2*1-2/h6,9-12,15-16,21H,4-5,7-8,13-14,19H2,1-3H3;5,7-8,13H,1,3,6H2,2,4H3;2*1-2H3/b11-6+,17-9+,18-10+,20-12?;10-7-,11-8+;;. The highest BCUT2D eigenvalue weighted by Gasteiger charge is 2.19. The third kappa shape index (κ3) is 22.6. The van der Waals surface area contributed by atoms with Gasteiger partial charge in [0.15, 0.2) is 11.5 Å². The largest absolute Gasteiger partial charge is 0.493 e. The Balaban J connectivity index is -0.000000719. The molecule has 0 aromatic carbocycles. The van der Waals surface area contributed by atoms with Crippen molar-refractivity contribution in [3.8, 4) is 0 Å². The normalized spacial score (nSPS) is 14.9. The van der Waals surface area contributed by atoms with Gasteiger partial charge in [-0.15, -0.1) is 0 Å². The lowest BCUT2D eigenvalue weighted by molar-refractivity contribution is 0.00445. The van der Waals surface area contributed by atoms with E-state index in [4.69, 9.17) is 31.5 Å². The first kappa shape index (κ1) is 42.7. The number of ether oxygens (including phenoxy) is 3. The number of allylic oxidation sites excluding steroid dienone is 8. The number of nitrogens with two attached hydrogens (primary N) is 1. The Bertz CT molecular complexity index is 841. The van der Waals surface area contributed by atoms with Crippen molar-refractivity contribution in [2.75, 3.05) is 41.0 Å². The molecule has 0 aromatic heterocycles. The highest BCUT2D eigenvalue weighted by Crippen LogP contribution is 2.19. The smallest absolute Gasteiger partial charge is 0.162 e. The zero-order valence-corrected chi connectivity index (χ0v) is 28.0. The predicted molar refractivity (Wildman–Crippen MR) is 181 cm³/mol. The van der Waals surface area contributed by atoms with E-state index in [2.05, 4.69) is 28.8 Å². The lowest BCUT2D eigenvalue weighted by atomic mass is 9.93. The van der Waals surface area contributed by atoms with Crippen LogP contribution in [0.5, 0.6) is 0 Å². The Morgan fingerprint density at radius 2 is 1.78 bits per heavy atom. The molecule has 0 amide bonds. The van der Waals surface area contributed by atoms with E-state index in [0.29, 0.717) is 35.8 Å². The van der Waals surface area contributed by atoms with Crippen LogP contribution in [0.4, 0.5) is 0 Å². The van der Waals surface area contributed by atoms with Gasteiger partial charge in [-0.05, 0) is 56.2 Å². The fourth-order valence-electron chi connectivity index (χ4n) is 3.06. The van der Waals surface area contributed by atoms with Crippen LogP contribution < -0.4 is 16.4 Å². The monoisotopic (exact) mass is 594 g/mol. The molecule has 0 saturated heterocycles. The minimum absolute atomic E-state index is 0.0132. The van der Waals surface area contributed by atoms with Crippen LogP contribution in [0.1, 0.15) is 67.2 Å². The van der Waals surface area contributed by atoms with Crippen molar-refractivity contribution in [2.45, 2.75) is 79.4 Å². The Kier molecular flexibility index (Phi) is 33.1. The molecule has 1 rings (SSSR count). The van der Waals surface area contributed by atoms with Gasteiger partial charge < -0.3 is 30.6 Å². The maximum absolute atomic E-state index is 6.04. The molecule has 0 aromatic rings. The number of rotatable bonds is 17. The Morgan fingerprint density at radius 1 is 1.12 bits per heavy atom. The van der Waals surface area contributed by atoms with Crippen molar-refractivity contribution in [1.82, 2.24) is 10.6 Å². The molecule has 1 unspecified atom stereocenters. The molecule has 4 N–H and O–H groups in total. The van der Waals surface area contributed by atoms with E-state index < -0.39 is 0 Å². The average molecular weight is 595 g/mol. The molecule has 0 heterocycles. The van der Waals surface area contributed by atoms with Crippen LogP contribution in [0.2, 0.25) is 0 Å². The molecular weight excluding hydrogens is 536 g/mol. The number of nitrogens with one attached hydrogen (secondary N) is 2. The van der Waals surface area contributed by atoms with Crippen LogP contribution in [-0.2, 0) is 14.2 Å². The van der Waals surface area contributed by atoms with E-state index >= 15 is 0 Å². The molecule has 1 saturated carbocycles. The Hall–Kier alpha value is -2.74. The lowest BCUT2D eigenvalue weighted by Gasteiger charge is -2.29. The van der Waals surface area contributed by atoms with E-state index in [1.54, 1.807) is 50.8 Å². The van der Waals surface area contributed by atoms with Gasteiger partial charge in [0, 0.05) is 56.3 Å². The van der Waals surface area contributed by atoms with E-state index in [1.807, 2.05) is 54.7 Å². The quantitative estimate of drug-likeness (QED) is 0.0914. The van der Waals surface area contributed by atoms with Crippen LogP contribution in [0.15, 0.2) is 88.6 Å². The molecule has 0 bridgehead atoms. The first-order valence-corrected chi connectivity index (χ1v) is 15.1. The summed E-state index contributed by atoms with van der Waals surface area (Å²) in [5.74, 6) is 1.17. The molecule has 236 valence electrons. The topological polar surface area (TPSA) is 90.1 Å². The second kappa shape index (κ2) is 31.8. The van der Waals surface area contributed by atoms with Gasteiger partial charge in [-0.3, -0.25) is 4.99 Å². The molecule has 1 aliphatic carbocycles. The van der Waals surface area contributed by atoms with E-state index in [0.717, 1.165) is 24.2 Å². The summed E-state index contributed by atoms with van der Waals surface area (Å²) in [7, 11) is 5.11. The highest BCUT2D eigenvalue weighted by molar-refractivity contribution is 6.32. The molecule has 1 atom stereocenters. The Morgan fingerprint density at radius 3 is 2.22 bits per heavy atom. The first-order valence-electron chi connectivity index (χ1n) is 14.7. The van der Waals surface area contributed by atoms with E-state index in [1.165, 1.54) is 25.5 Å². The van der Waals surface area contributed by atoms with Gasteiger partial charge in [-0.1, -0.05) is 78.0 Å². The third-order valence-electron chi connectivity index (χ3n) is 5.39. The molecule has 8 heteroatoms. The van der Waals surface area contributed by atoms with Crippen molar-refractivity contribution in [3.63, 3.8) is 0 Å². The maximum Gasteiger partial charge on any atom is 0.162 e. The number of hydrogen-bond donors (Lipinski definition) is 3. The van der Waals surface area contributed by atoms with Gasteiger partial charge in [-0.2, -0.15) is 0 Å². The number of likely N-dealkylation sites (N-methyl/N-ethyl adjacent to an activating group) is 1. The summed E-state index contributed by atoms with van der Waals surface area (Å²) in [6.07, 6.45) is 18.4. The molecule has 0 spiro atoms. The number of nitrogens with zero attached hydrogens (tertiary/aromatic N) is 1. The summed E-state index contributed by atoms with van der Waals surface area (Å²) in [5, 5.41) is 7.14. The van der Waals surface area contributed by atoms with Crippen LogP contribution in [0, 0.1) is 0 Å². The molecule has 7 nitrogen and oxygen atoms in total. The van der Waals surface area contributed by atoms with Crippen LogP contribution in [0.3, 0.4) is 0 Å². The minimum Gasteiger partial charge on any atom is -0.493 e. The average Bonchev–Trinajstić information content (AvgIpc) is 2.98. The molecule has 0 radical (unpaired) electrons. The summed E-state index contributed by atoms with van der Waals surface area (Å²) in [4.78, 5) is 3.96. The second-order valence-corrected chi connectivity index (χ2v) is 8.44. The zero-order valence-electron chi connectivity index (χ0n) is 27.3. The van der Waals surface area contributed by atoms with Crippen molar-refractivity contribution in [3.05, 3.63) is 83.6 Å². The zero-order chi connectivity index (χ0) is 31.9. The predicted octanol–water partition coefficient (Wildman–Crippen LogP) is 7.55. The van der Waals surface area contributed by atoms with Crippen LogP contribution in [-0.4, -0.2) is 59.3 Å². The van der Waals surface area contributed by atoms with E-state index in [9.17, 15) is 0 Å². The van der Waals surface area contributed by atoms with Gasteiger partial charge in [-0.25, -0.2) is 0 Å². The SMILES string of the molecule is C=C/C=C(CC)\C(Cl)=C/C(=C)NC.CC.CC.CCOC(CNC1CCC1)COC(=C/C=NC)/C(=C\C=C\N)OC. The summed E-state index contributed by atoms with van der Waals surface area (Å²) in [5.41, 5.74) is 7.25. The van der Waals surface area contributed by atoms with Crippen molar-refractivity contribution in [1.29, 1.82) is 0 Å². The van der Waals surface area contributed by atoms with Gasteiger partial charge >= 0.3 is 0 Å². The lowest BCUT2D eigenvalue weighted by Crippen LogP contribution is -2.42. The number of aliphatic imine (C=N–C) groups is 1. The fourth-order valence-corrected chi connectivity index (χ4v) is 3.39. The molecular formula is C33H59ClN4O3. The fraction of sp³-hybridized carbons (Fsp3) is 0.545. The van der Waals surface area contributed by atoms with Gasteiger partial charge in [0.1, 0.15) is 12.7 Å². The summed E-state index contributed by atoms with van der Waals surface area (Å²) < 4.78 is 17.1. The second-order valence-electron chi connectivity index (χ2n) is 8.03. The number of hydrogen-bond acceptors (Lipinski definition) is 7. The van der Waals surface area contributed by atoms with Gasteiger partial charge in [0.05, 0.1) is 7.11 Å². The van der Waals surface area contributed by atoms with Crippen LogP contribution in [0.25, 0.3) is 0 Å². The van der Waals surface area contributed by atoms with Crippen molar-refractivity contribution < 1.29 is 14.2 Å². The van der Waals surface area contributed by atoms with Gasteiger partial charge in [0.25, 0.3) is 0 Å². The molecule has 1 fully saturated rings. The molecule has 41 heavy (non-hydrogen) atoms. The number of methoxy groups -OCH3 is 1. The van der Waals surface area contributed by atoms with Crippen molar-refractivity contribution >= 4 is 17.8 Å². The Labute approximate surface area is 257 Å². The van der Waals surface area contributed by atoms with Crippen LogP contribution >= 0.6 is 11.6 Å². The molecule has 1 aliphatic rings. The van der Waals surface area contributed by atoms with Crippen molar-refractivity contribution in [2.24, 2.45) is 10.7 Å². The summed E-state index contributed by atoms with van der Waals surface area (Å²) in [6, 6.07) is 0.624. The maximum atomic E-state index is 6.04. The molecule has 0 aliphatic heterocycles. The van der Waals surface area contributed by atoms with E-state index in [-0.39, 0.29) is 6.10 Å².